The Kier molecular flexibility index (Phi) is 5.75. The number of hydrogen-bond acceptors (Lipinski definition) is 6. The predicted molar refractivity (Wildman–Crippen MR) is 101 cm³/mol. The zero-order valence-corrected chi connectivity index (χ0v) is 15.9. The van der Waals surface area contributed by atoms with E-state index in [1.54, 1.807) is 25.1 Å². The molecule has 2 aliphatic rings. The first-order valence-electron chi connectivity index (χ1n) is 9.18. The minimum Gasteiger partial charge on any atom is -0.508 e. The van der Waals surface area contributed by atoms with Crippen LogP contribution in [0.25, 0.3) is 0 Å². The first-order valence-corrected chi connectivity index (χ1v) is 9.18. The van der Waals surface area contributed by atoms with Crippen LogP contribution < -0.4 is 0 Å². The summed E-state index contributed by atoms with van der Waals surface area (Å²) in [5, 5.41) is 9.95. The monoisotopic (exact) mass is 371 g/mol. The average Bonchev–Trinajstić information content (AvgIpc) is 2.60. The van der Waals surface area contributed by atoms with Crippen LogP contribution in [0.4, 0.5) is 0 Å². The molecule has 27 heavy (non-hydrogen) atoms. The molecule has 3 atom stereocenters. The topological polar surface area (TPSA) is 85.2 Å². The van der Waals surface area contributed by atoms with E-state index in [0.29, 0.717) is 29.9 Å². The Hall–Kier alpha value is -2.47. The number of hydrogen-bond donors (Lipinski definition) is 1. The Bertz CT molecular complexity index is 811. The van der Waals surface area contributed by atoms with E-state index in [2.05, 4.69) is 4.99 Å². The van der Waals surface area contributed by atoms with Crippen LogP contribution in [0.15, 0.2) is 40.5 Å². The predicted octanol–water partition coefficient (Wildman–Crippen LogP) is 3.01. The summed E-state index contributed by atoms with van der Waals surface area (Å²) < 4.78 is 10.3. The quantitative estimate of drug-likeness (QED) is 0.635. The van der Waals surface area contributed by atoms with Crippen LogP contribution in [0, 0.1) is 11.8 Å². The number of rotatable bonds is 5. The van der Waals surface area contributed by atoms with Crippen molar-refractivity contribution in [2.75, 3.05) is 20.3 Å². The number of carbonyl (C=O) groups excluding carboxylic acids is 2. The summed E-state index contributed by atoms with van der Waals surface area (Å²) in [5.74, 6) is -1.07. The molecular weight excluding hydrogens is 346 g/mol. The molecule has 1 aliphatic carbocycles. The minimum absolute atomic E-state index is 0.0792. The first-order chi connectivity index (χ1) is 12.9. The third-order valence-electron chi connectivity index (χ3n) is 5.13. The van der Waals surface area contributed by atoms with Crippen molar-refractivity contribution in [3.05, 3.63) is 41.1 Å². The average molecular weight is 371 g/mol. The van der Waals surface area contributed by atoms with Crippen LogP contribution in [0.1, 0.15) is 38.2 Å². The summed E-state index contributed by atoms with van der Waals surface area (Å²) >= 11 is 0. The number of fused-ring (bicyclic) bond motifs is 1. The second-order valence-corrected chi connectivity index (χ2v) is 7.26. The van der Waals surface area contributed by atoms with Crippen LogP contribution in [-0.2, 0) is 19.1 Å². The van der Waals surface area contributed by atoms with E-state index in [1.165, 1.54) is 7.11 Å². The fourth-order valence-corrected chi connectivity index (χ4v) is 4.02. The SMILES string of the molecule is COCCOC(=O)C1=C(C)N=C2CC(C)CC(=O)C2C1c1cccc(O)c1. The van der Waals surface area contributed by atoms with Crippen molar-refractivity contribution in [1.29, 1.82) is 0 Å². The number of esters is 1. The summed E-state index contributed by atoms with van der Waals surface area (Å²) in [6, 6.07) is 6.72. The summed E-state index contributed by atoms with van der Waals surface area (Å²) in [6.07, 6.45) is 1.19. The van der Waals surface area contributed by atoms with Crippen LogP contribution in [0.5, 0.6) is 5.75 Å². The van der Waals surface area contributed by atoms with Crippen molar-refractivity contribution in [2.24, 2.45) is 16.8 Å². The van der Waals surface area contributed by atoms with Crippen LogP contribution in [0.2, 0.25) is 0 Å². The van der Waals surface area contributed by atoms with Gasteiger partial charge in [0.05, 0.1) is 18.1 Å². The second kappa shape index (κ2) is 8.05. The van der Waals surface area contributed by atoms with Gasteiger partial charge in [-0.1, -0.05) is 19.1 Å². The third kappa shape index (κ3) is 3.95. The molecule has 6 heteroatoms. The summed E-state index contributed by atoms with van der Waals surface area (Å²) in [7, 11) is 1.53. The van der Waals surface area contributed by atoms with Gasteiger partial charge in [0.2, 0.25) is 0 Å². The second-order valence-electron chi connectivity index (χ2n) is 7.26. The Morgan fingerprint density at radius 3 is 2.74 bits per heavy atom. The number of carbonyl (C=O) groups is 2. The number of ketones is 1. The normalized spacial score (nSPS) is 25.1. The molecule has 1 aliphatic heterocycles. The fraction of sp³-hybridized carbons (Fsp3) is 0.476. The van der Waals surface area contributed by atoms with Gasteiger partial charge in [-0.05, 0) is 37.0 Å². The van der Waals surface area contributed by atoms with Gasteiger partial charge in [0.1, 0.15) is 18.1 Å². The van der Waals surface area contributed by atoms with Crippen LogP contribution >= 0.6 is 0 Å². The van der Waals surface area contributed by atoms with Crippen molar-refractivity contribution < 1.29 is 24.2 Å². The van der Waals surface area contributed by atoms with Gasteiger partial charge in [-0.15, -0.1) is 0 Å². The summed E-state index contributed by atoms with van der Waals surface area (Å²) in [4.78, 5) is 30.3. The van der Waals surface area contributed by atoms with E-state index in [9.17, 15) is 14.7 Å². The summed E-state index contributed by atoms with van der Waals surface area (Å²) in [6.45, 7) is 4.23. The van der Waals surface area contributed by atoms with Gasteiger partial charge in [-0.2, -0.15) is 0 Å². The molecule has 0 spiro atoms. The van der Waals surface area contributed by atoms with Gasteiger partial charge in [-0.25, -0.2) is 4.79 Å². The molecule has 0 amide bonds. The van der Waals surface area contributed by atoms with Gasteiger partial charge < -0.3 is 14.6 Å². The lowest BCUT2D eigenvalue weighted by atomic mass is 9.67. The molecule has 1 aromatic carbocycles. The molecule has 1 aromatic rings. The van der Waals surface area contributed by atoms with E-state index in [-0.39, 0.29) is 24.1 Å². The van der Waals surface area contributed by atoms with Crippen molar-refractivity contribution in [3.63, 3.8) is 0 Å². The lowest BCUT2D eigenvalue weighted by Gasteiger charge is -2.37. The largest absolute Gasteiger partial charge is 0.508 e. The number of nitrogens with zero attached hydrogens (tertiary/aromatic N) is 1. The molecule has 1 saturated carbocycles. The Balaban J connectivity index is 2.07. The standard InChI is InChI=1S/C21H25NO5/c1-12-9-16-20(17(24)10-12)19(14-5-4-6-15(23)11-14)18(13(2)22-16)21(25)27-8-7-26-3/h4-6,11-12,19-20,23H,7-10H2,1-3H3. The van der Waals surface area contributed by atoms with Crippen LogP contribution in [-0.4, -0.2) is 42.9 Å². The zero-order chi connectivity index (χ0) is 19.6. The number of benzene rings is 1. The molecule has 0 bridgehead atoms. The molecule has 0 radical (unpaired) electrons. The highest BCUT2D eigenvalue weighted by molar-refractivity contribution is 6.11. The van der Waals surface area contributed by atoms with Gasteiger partial charge >= 0.3 is 5.97 Å². The van der Waals surface area contributed by atoms with Gasteiger partial charge in [0.15, 0.2) is 0 Å². The van der Waals surface area contributed by atoms with E-state index >= 15 is 0 Å². The smallest absolute Gasteiger partial charge is 0.336 e. The number of ether oxygens (including phenoxy) is 2. The Labute approximate surface area is 158 Å². The molecule has 1 fully saturated rings. The molecule has 3 unspecified atom stereocenters. The third-order valence-corrected chi connectivity index (χ3v) is 5.13. The van der Waals surface area contributed by atoms with Gasteiger partial charge in [0.25, 0.3) is 0 Å². The summed E-state index contributed by atoms with van der Waals surface area (Å²) in [5.41, 5.74) is 2.48. The number of aromatic hydroxyl groups is 1. The van der Waals surface area contributed by atoms with E-state index in [1.807, 2.05) is 13.0 Å². The highest BCUT2D eigenvalue weighted by Crippen LogP contribution is 2.44. The molecule has 0 saturated heterocycles. The molecule has 3 rings (SSSR count). The Morgan fingerprint density at radius 2 is 2.04 bits per heavy atom. The van der Waals surface area contributed by atoms with Crippen molar-refractivity contribution in [3.8, 4) is 5.75 Å². The maximum atomic E-state index is 12.9. The molecule has 144 valence electrons. The van der Waals surface area contributed by atoms with E-state index in [0.717, 1.165) is 12.1 Å². The maximum Gasteiger partial charge on any atom is 0.336 e. The van der Waals surface area contributed by atoms with Gasteiger partial charge in [-0.3, -0.25) is 9.79 Å². The highest BCUT2D eigenvalue weighted by Gasteiger charge is 2.45. The number of allylic oxidation sites excluding steroid dienone is 1. The lowest BCUT2D eigenvalue weighted by Crippen LogP contribution is -2.41. The molecule has 1 N–H and O–H groups in total. The minimum atomic E-state index is -0.500. The maximum absolute atomic E-state index is 12.9. The number of phenolic OH excluding ortho intramolecular Hbond substituents is 1. The number of methoxy groups -OCH3 is 1. The Morgan fingerprint density at radius 1 is 1.26 bits per heavy atom. The van der Waals surface area contributed by atoms with E-state index in [4.69, 9.17) is 9.47 Å². The number of phenols is 1. The van der Waals surface area contributed by atoms with Crippen molar-refractivity contribution >= 4 is 17.5 Å². The van der Waals surface area contributed by atoms with Crippen molar-refractivity contribution in [1.82, 2.24) is 0 Å². The lowest BCUT2D eigenvalue weighted by molar-refractivity contribution is -0.140. The van der Waals surface area contributed by atoms with Gasteiger partial charge in [0, 0.05) is 30.9 Å². The fourth-order valence-electron chi connectivity index (χ4n) is 4.02. The van der Waals surface area contributed by atoms with Crippen molar-refractivity contribution in [2.45, 2.75) is 32.6 Å². The molecule has 1 heterocycles. The highest BCUT2D eigenvalue weighted by atomic mass is 16.6. The zero-order valence-electron chi connectivity index (χ0n) is 15.9. The number of aliphatic imine (C=N–C) groups is 1. The molecule has 0 aromatic heterocycles. The molecule has 6 nitrogen and oxygen atoms in total. The first kappa shape index (κ1) is 19.3. The van der Waals surface area contributed by atoms with Crippen LogP contribution in [0.3, 0.4) is 0 Å². The molecular formula is C21H25NO5. The van der Waals surface area contributed by atoms with E-state index < -0.39 is 17.8 Å². The number of Topliss-reactive ketones (excluding diaryl/α,β-unsaturated/α-hetero) is 1.